The van der Waals surface area contributed by atoms with Crippen molar-refractivity contribution >= 4 is 67.3 Å². The third kappa shape index (κ3) is 6.61. The highest BCUT2D eigenvalue weighted by Gasteiger charge is 2.36. The monoisotopic (exact) mass is 634 g/mol. The van der Waals surface area contributed by atoms with Crippen molar-refractivity contribution < 1.29 is 28.2 Å². The van der Waals surface area contributed by atoms with E-state index in [1.165, 1.54) is 24.3 Å². The SMILES string of the molecule is CCOc1cc(/C=C2\SC(=O)N(CC(=O)Nc3ccc(F)cc3)C2=O)c(Br)cc1OCc1cccc2ccccc12. The molecule has 1 heterocycles. The van der Waals surface area contributed by atoms with Crippen LogP contribution >= 0.6 is 27.7 Å². The average molecular weight is 636 g/mol. The van der Waals surface area contributed by atoms with Gasteiger partial charge in [0.15, 0.2) is 11.5 Å². The van der Waals surface area contributed by atoms with Crippen LogP contribution in [0.5, 0.6) is 11.5 Å². The van der Waals surface area contributed by atoms with Crippen molar-refractivity contribution in [3.63, 3.8) is 0 Å². The van der Waals surface area contributed by atoms with Gasteiger partial charge in [0.2, 0.25) is 5.91 Å². The normalized spacial score (nSPS) is 14.1. The maximum absolute atomic E-state index is 13.1. The van der Waals surface area contributed by atoms with E-state index in [9.17, 15) is 18.8 Å². The highest BCUT2D eigenvalue weighted by atomic mass is 79.9. The highest BCUT2D eigenvalue weighted by Crippen LogP contribution is 2.38. The number of hydrogen-bond donors (Lipinski definition) is 1. The summed E-state index contributed by atoms with van der Waals surface area (Å²) in [5.41, 5.74) is 1.99. The molecule has 4 aromatic rings. The summed E-state index contributed by atoms with van der Waals surface area (Å²) in [6, 6.07) is 22.8. The number of ether oxygens (including phenoxy) is 2. The van der Waals surface area contributed by atoms with Crippen LogP contribution in [0.25, 0.3) is 16.8 Å². The second-order valence-corrected chi connectivity index (χ2v) is 10.9. The van der Waals surface area contributed by atoms with Crippen LogP contribution in [0.4, 0.5) is 14.9 Å². The van der Waals surface area contributed by atoms with E-state index in [1.807, 2.05) is 31.2 Å². The second-order valence-electron chi connectivity index (χ2n) is 9.00. The third-order valence-electron chi connectivity index (χ3n) is 6.22. The molecule has 1 fully saturated rings. The van der Waals surface area contributed by atoms with E-state index in [-0.39, 0.29) is 4.91 Å². The summed E-state index contributed by atoms with van der Waals surface area (Å²) < 4.78 is 25.8. The molecular formula is C31H24BrFN2O5S. The number of nitrogens with zero attached hydrogens (tertiary/aromatic N) is 1. The van der Waals surface area contributed by atoms with E-state index in [1.54, 1.807) is 18.2 Å². The third-order valence-corrected chi connectivity index (χ3v) is 7.81. The van der Waals surface area contributed by atoms with Gasteiger partial charge in [-0.15, -0.1) is 0 Å². The number of carbonyl (C=O) groups is 3. The van der Waals surface area contributed by atoms with E-state index in [0.717, 1.165) is 33.0 Å². The van der Waals surface area contributed by atoms with Crippen molar-refractivity contribution in [2.75, 3.05) is 18.5 Å². The molecule has 0 bridgehead atoms. The second kappa shape index (κ2) is 12.6. The van der Waals surface area contributed by atoms with Crippen LogP contribution < -0.4 is 14.8 Å². The Bertz CT molecular complexity index is 1670. The molecule has 4 aromatic carbocycles. The minimum Gasteiger partial charge on any atom is -0.490 e. The first-order chi connectivity index (χ1) is 19.8. The first kappa shape index (κ1) is 28.4. The van der Waals surface area contributed by atoms with Crippen molar-refractivity contribution in [1.82, 2.24) is 4.90 Å². The lowest BCUT2D eigenvalue weighted by Crippen LogP contribution is -2.36. The minimum atomic E-state index is -0.588. The standard InChI is InChI=1S/C31H24BrFN2O5S/c1-2-39-26-14-21(25(32)16-27(26)40-18-20-8-5-7-19-6-3-4-9-24(19)20)15-28-30(37)35(31(38)41-28)17-29(36)34-23-12-10-22(33)11-13-23/h3-16H,2,17-18H2,1H3,(H,34,36)/b28-15-. The predicted molar refractivity (Wildman–Crippen MR) is 161 cm³/mol. The van der Waals surface area contributed by atoms with Crippen LogP contribution in [0.2, 0.25) is 0 Å². The number of carbonyl (C=O) groups excluding carboxylic acids is 3. The van der Waals surface area contributed by atoms with Gasteiger partial charge in [-0.1, -0.05) is 58.4 Å². The van der Waals surface area contributed by atoms with Gasteiger partial charge in [0, 0.05) is 10.2 Å². The molecule has 0 spiro atoms. The van der Waals surface area contributed by atoms with Crippen molar-refractivity contribution in [1.29, 1.82) is 0 Å². The van der Waals surface area contributed by atoms with E-state index >= 15 is 0 Å². The van der Waals surface area contributed by atoms with Gasteiger partial charge in [-0.25, -0.2) is 4.39 Å². The maximum atomic E-state index is 13.1. The van der Waals surface area contributed by atoms with E-state index in [0.29, 0.717) is 40.4 Å². The van der Waals surface area contributed by atoms with Crippen LogP contribution in [-0.4, -0.2) is 35.1 Å². The molecule has 208 valence electrons. The van der Waals surface area contributed by atoms with Crippen LogP contribution in [-0.2, 0) is 16.2 Å². The largest absolute Gasteiger partial charge is 0.490 e. The first-order valence-electron chi connectivity index (χ1n) is 12.7. The lowest BCUT2D eigenvalue weighted by Gasteiger charge is -2.15. The number of anilines is 1. The van der Waals surface area contributed by atoms with Gasteiger partial charge in [-0.3, -0.25) is 19.3 Å². The van der Waals surface area contributed by atoms with Crippen LogP contribution in [0.15, 0.2) is 88.2 Å². The molecule has 0 atom stereocenters. The summed E-state index contributed by atoms with van der Waals surface area (Å²) in [5, 5.41) is 4.22. The quantitative estimate of drug-likeness (QED) is 0.193. The molecule has 7 nitrogen and oxygen atoms in total. The molecule has 1 aliphatic heterocycles. The number of fused-ring (bicyclic) bond motifs is 1. The molecular weight excluding hydrogens is 611 g/mol. The zero-order chi connectivity index (χ0) is 28.9. The summed E-state index contributed by atoms with van der Waals surface area (Å²) in [7, 11) is 0. The smallest absolute Gasteiger partial charge is 0.294 e. The molecule has 41 heavy (non-hydrogen) atoms. The molecule has 0 radical (unpaired) electrons. The Labute approximate surface area is 248 Å². The van der Waals surface area contributed by atoms with Gasteiger partial charge >= 0.3 is 0 Å². The zero-order valence-corrected chi connectivity index (χ0v) is 24.3. The van der Waals surface area contributed by atoms with Crippen molar-refractivity contribution in [3.05, 3.63) is 105 Å². The lowest BCUT2D eigenvalue weighted by atomic mass is 10.1. The van der Waals surface area contributed by atoms with Gasteiger partial charge in [0.05, 0.1) is 11.5 Å². The van der Waals surface area contributed by atoms with Crippen molar-refractivity contribution in [2.24, 2.45) is 0 Å². The fourth-order valence-corrected chi connectivity index (χ4v) is 5.54. The predicted octanol–water partition coefficient (Wildman–Crippen LogP) is 7.39. The molecule has 10 heteroatoms. The number of benzene rings is 4. The molecule has 0 aliphatic carbocycles. The number of hydrogen-bond acceptors (Lipinski definition) is 6. The van der Waals surface area contributed by atoms with Crippen molar-refractivity contribution in [3.8, 4) is 11.5 Å². The Hall–Kier alpha value is -4.15. The minimum absolute atomic E-state index is 0.164. The number of imide groups is 1. The molecule has 0 unspecified atom stereocenters. The number of nitrogens with one attached hydrogen (secondary N) is 1. The summed E-state index contributed by atoms with van der Waals surface area (Å²) in [6.07, 6.45) is 1.57. The van der Waals surface area contributed by atoms with Crippen LogP contribution in [0.1, 0.15) is 18.1 Å². The van der Waals surface area contributed by atoms with Gasteiger partial charge in [-0.05, 0) is 83.1 Å². The van der Waals surface area contributed by atoms with Gasteiger partial charge in [0.25, 0.3) is 11.1 Å². The summed E-state index contributed by atoms with van der Waals surface area (Å²) in [6.45, 7) is 2.11. The fraction of sp³-hybridized carbons (Fsp3) is 0.129. The molecule has 3 amide bonds. The summed E-state index contributed by atoms with van der Waals surface area (Å²) in [5.74, 6) is -0.598. The van der Waals surface area contributed by atoms with Gasteiger partial charge in [0.1, 0.15) is 19.0 Å². The Balaban J connectivity index is 1.32. The fourth-order valence-electron chi connectivity index (χ4n) is 4.27. The lowest BCUT2D eigenvalue weighted by molar-refractivity contribution is -0.127. The average Bonchev–Trinajstić information content (AvgIpc) is 3.22. The van der Waals surface area contributed by atoms with E-state index < -0.39 is 29.4 Å². The topological polar surface area (TPSA) is 84.9 Å². The molecule has 0 saturated carbocycles. The zero-order valence-electron chi connectivity index (χ0n) is 21.9. The van der Waals surface area contributed by atoms with Crippen molar-refractivity contribution in [2.45, 2.75) is 13.5 Å². The Morgan fingerprint density at radius 1 is 1.00 bits per heavy atom. The molecule has 1 aliphatic rings. The molecule has 5 rings (SSSR count). The Morgan fingerprint density at radius 2 is 1.73 bits per heavy atom. The highest BCUT2D eigenvalue weighted by molar-refractivity contribution is 9.10. The van der Waals surface area contributed by atoms with Crippen LogP contribution in [0, 0.1) is 5.82 Å². The first-order valence-corrected chi connectivity index (χ1v) is 14.3. The maximum Gasteiger partial charge on any atom is 0.294 e. The Kier molecular flexibility index (Phi) is 8.70. The number of halogens is 2. The van der Waals surface area contributed by atoms with E-state index in [2.05, 4.69) is 39.4 Å². The Morgan fingerprint density at radius 3 is 2.51 bits per heavy atom. The number of rotatable bonds is 9. The van der Waals surface area contributed by atoms with E-state index in [4.69, 9.17) is 9.47 Å². The van der Waals surface area contributed by atoms with Gasteiger partial charge in [-0.2, -0.15) is 0 Å². The van der Waals surface area contributed by atoms with Crippen LogP contribution in [0.3, 0.4) is 0 Å². The number of amides is 3. The molecule has 1 N–H and O–H groups in total. The molecule has 0 aromatic heterocycles. The van der Waals surface area contributed by atoms with Gasteiger partial charge < -0.3 is 14.8 Å². The summed E-state index contributed by atoms with van der Waals surface area (Å²) >= 11 is 4.29. The molecule has 1 saturated heterocycles. The summed E-state index contributed by atoms with van der Waals surface area (Å²) in [4.78, 5) is 39.1. The number of thioether (sulfide) groups is 1.